The molecule has 1 aromatic heterocycles. The zero-order valence-corrected chi connectivity index (χ0v) is 22.2. The Labute approximate surface area is 228 Å². The fourth-order valence-corrected chi connectivity index (χ4v) is 5.19. The molecule has 2 aliphatic heterocycles. The summed E-state index contributed by atoms with van der Waals surface area (Å²) in [5, 5.41) is 24.1. The van der Waals surface area contributed by atoms with E-state index in [4.69, 9.17) is 26.3 Å². The summed E-state index contributed by atoms with van der Waals surface area (Å²) in [6, 6.07) is 17.2. The van der Waals surface area contributed by atoms with E-state index in [-0.39, 0.29) is 6.61 Å². The number of rotatable bonds is 7. The molecule has 2 N–H and O–H groups in total. The van der Waals surface area contributed by atoms with Crippen molar-refractivity contribution >= 4 is 22.9 Å². The van der Waals surface area contributed by atoms with E-state index in [0.717, 1.165) is 48.3 Å². The standard InChI is InChI=1S/C30H32ClN3O4/c1-21(33-36)20-37-27-7-2-8-28-26(27)19-22(25-6-3-15-32-29(25)38-28)5-4-16-34-17-13-30(35,14-18-34)23-9-11-24(31)12-10-23/h2-3,5-12,15,35-36H,4,13-14,16-20H2,1H3/b22-5-,33-21+. The zero-order chi connectivity index (χ0) is 26.5. The molecule has 198 valence electrons. The molecular formula is C30H32ClN3O4. The Morgan fingerprint density at radius 3 is 2.71 bits per heavy atom. The lowest BCUT2D eigenvalue weighted by Gasteiger charge is -2.38. The third-order valence-electron chi connectivity index (χ3n) is 7.29. The van der Waals surface area contributed by atoms with E-state index >= 15 is 0 Å². The van der Waals surface area contributed by atoms with Gasteiger partial charge in [0.1, 0.15) is 18.1 Å². The summed E-state index contributed by atoms with van der Waals surface area (Å²) >= 11 is 6.03. The third kappa shape index (κ3) is 5.85. The number of halogens is 1. The van der Waals surface area contributed by atoms with Crippen LogP contribution in [-0.2, 0) is 12.0 Å². The van der Waals surface area contributed by atoms with Crippen LogP contribution in [0.3, 0.4) is 0 Å². The number of nitrogens with zero attached hydrogens (tertiary/aromatic N) is 3. The Morgan fingerprint density at radius 1 is 1.16 bits per heavy atom. The van der Waals surface area contributed by atoms with E-state index in [0.29, 0.717) is 47.4 Å². The first-order valence-corrected chi connectivity index (χ1v) is 13.3. The molecule has 8 heteroatoms. The molecular weight excluding hydrogens is 502 g/mol. The Balaban J connectivity index is 1.29. The van der Waals surface area contributed by atoms with Crippen LogP contribution < -0.4 is 9.47 Å². The Morgan fingerprint density at radius 2 is 1.95 bits per heavy atom. The molecule has 0 atom stereocenters. The number of aliphatic hydroxyl groups is 1. The highest BCUT2D eigenvalue weighted by atomic mass is 35.5. The number of pyridine rings is 1. The van der Waals surface area contributed by atoms with Crippen LogP contribution in [0.4, 0.5) is 0 Å². The van der Waals surface area contributed by atoms with Gasteiger partial charge >= 0.3 is 0 Å². The van der Waals surface area contributed by atoms with Crippen LogP contribution in [0.25, 0.3) is 5.57 Å². The predicted molar refractivity (Wildman–Crippen MR) is 148 cm³/mol. The molecule has 1 saturated heterocycles. The van der Waals surface area contributed by atoms with Crippen molar-refractivity contribution in [3.05, 3.63) is 88.6 Å². The fourth-order valence-electron chi connectivity index (χ4n) is 5.07. The Hall–Kier alpha value is -3.39. The highest BCUT2D eigenvalue weighted by Crippen LogP contribution is 2.41. The lowest BCUT2D eigenvalue weighted by molar-refractivity contribution is -0.0254. The van der Waals surface area contributed by atoms with Gasteiger partial charge in [-0.2, -0.15) is 0 Å². The van der Waals surface area contributed by atoms with Crippen molar-refractivity contribution in [1.82, 2.24) is 9.88 Å². The maximum atomic E-state index is 11.2. The number of fused-ring (bicyclic) bond motifs is 2. The van der Waals surface area contributed by atoms with E-state index < -0.39 is 5.60 Å². The number of piperidine rings is 1. The lowest BCUT2D eigenvalue weighted by Crippen LogP contribution is -2.42. The van der Waals surface area contributed by atoms with E-state index in [1.807, 2.05) is 54.6 Å². The number of benzene rings is 2. The molecule has 5 rings (SSSR count). The summed E-state index contributed by atoms with van der Waals surface area (Å²) in [7, 11) is 0. The summed E-state index contributed by atoms with van der Waals surface area (Å²) in [5.74, 6) is 1.98. The number of aromatic nitrogens is 1. The average molecular weight is 534 g/mol. The topological polar surface area (TPSA) is 87.4 Å². The van der Waals surface area contributed by atoms with Gasteiger partial charge in [-0.05, 0) is 73.7 Å². The largest absolute Gasteiger partial charge is 0.487 e. The van der Waals surface area contributed by atoms with E-state index in [9.17, 15) is 5.11 Å². The molecule has 38 heavy (non-hydrogen) atoms. The number of hydrogen-bond donors (Lipinski definition) is 2. The normalized spacial score (nSPS) is 18.3. The maximum absolute atomic E-state index is 11.2. The van der Waals surface area contributed by atoms with Crippen LogP contribution in [0.2, 0.25) is 5.02 Å². The van der Waals surface area contributed by atoms with E-state index in [1.54, 1.807) is 13.1 Å². The molecule has 0 unspecified atom stereocenters. The van der Waals surface area contributed by atoms with Crippen LogP contribution in [-0.4, -0.2) is 52.2 Å². The van der Waals surface area contributed by atoms with E-state index in [1.165, 1.54) is 0 Å². The summed E-state index contributed by atoms with van der Waals surface area (Å²) in [6.45, 7) is 4.45. The third-order valence-corrected chi connectivity index (χ3v) is 7.54. The summed E-state index contributed by atoms with van der Waals surface area (Å²) < 4.78 is 12.2. The smallest absolute Gasteiger partial charge is 0.226 e. The van der Waals surface area contributed by atoms with Crippen molar-refractivity contribution in [3.63, 3.8) is 0 Å². The van der Waals surface area contributed by atoms with Gasteiger partial charge in [-0.3, -0.25) is 0 Å². The fraction of sp³-hybridized carbons (Fsp3) is 0.333. The first-order valence-electron chi connectivity index (χ1n) is 12.9. The second-order valence-corrected chi connectivity index (χ2v) is 10.3. The summed E-state index contributed by atoms with van der Waals surface area (Å²) in [4.78, 5) is 6.89. The number of allylic oxidation sites excluding steroid dienone is 1. The van der Waals surface area contributed by atoms with Crippen molar-refractivity contribution in [2.24, 2.45) is 5.16 Å². The highest BCUT2D eigenvalue weighted by Gasteiger charge is 2.33. The monoisotopic (exact) mass is 533 g/mol. The van der Waals surface area contributed by atoms with Gasteiger partial charge in [0, 0.05) is 48.4 Å². The maximum Gasteiger partial charge on any atom is 0.226 e. The number of ether oxygens (including phenoxy) is 2. The van der Waals surface area contributed by atoms with Crippen LogP contribution in [0.1, 0.15) is 42.9 Å². The van der Waals surface area contributed by atoms with Crippen molar-refractivity contribution < 1.29 is 19.8 Å². The van der Waals surface area contributed by atoms with Gasteiger partial charge in [-0.25, -0.2) is 4.98 Å². The number of oxime groups is 1. The lowest BCUT2D eigenvalue weighted by atomic mass is 9.84. The molecule has 3 heterocycles. The first-order chi connectivity index (χ1) is 18.4. The molecule has 7 nitrogen and oxygen atoms in total. The quantitative estimate of drug-likeness (QED) is 0.218. The van der Waals surface area contributed by atoms with Crippen LogP contribution in [0.15, 0.2) is 72.0 Å². The predicted octanol–water partition coefficient (Wildman–Crippen LogP) is 6.07. The molecule has 3 aromatic rings. The second-order valence-electron chi connectivity index (χ2n) is 9.89. The highest BCUT2D eigenvalue weighted by molar-refractivity contribution is 6.30. The molecule has 0 amide bonds. The average Bonchev–Trinajstić information content (AvgIpc) is 3.10. The second kappa shape index (κ2) is 11.6. The molecule has 0 bridgehead atoms. The molecule has 2 aliphatic rings. The van der Waals surface area contributed by atoms with Crippen molar-refractivity contribution in [2.45, 2.75) is 38.2 Å². The van der Waals surface area contributed by atoms with Crippen LogP contribution >= 0.6 is 11.6 Å². The zero-order valence-electron chi connectivity index (χ0n) is 21.4. The molecule has 0 radical (unpaired) electrons. The van der Waals surface area contributed by atoms with Gasteiger partial charge < -0.3 is 24.7 Å². The van der Waals surface area contributed by atoms with Gasteiger partial charge in [0.05, 0.1) is 11.3 Å². The van der Waals surface area contributed by atoms with Crippen molar-refractivity contribution in [1.29, 1.82) is 0 Å². The van der Waals surface area contributed by atoms with Gasteiger partial charge in [-0.15, -0.1) is 0 Å². The Bertz CT molecular complexity index is 1330. The molecule has 0 saturated carbocycles. The Kier molecular flexibility index (Phi) is 7.98. The van der Waals surface area contributed by atoms with Gasteiger partial charge in [0.2, 0.25) is 5.88 Å². The minimum atomic E-state index is -0.804. The van der Waals surface area contributed by atoms with Gasteiger partial charge in [0.15, 0.2) is 0 Å². The molecule has 1 fully saturated rings. The number of hydrogen-bond acceptors (Lipinski definition) is 7. The van der Waals surface area contributed by atoms with Crippen LogP contribution in [0.5, 0.6) is 17.4 Å². The summed E-state index contributed by atoms with van der Waals surface area (Å²) in [5.41, 5.74) is 3.66. The van der Waals surface area contributed by atoms with Crippen LogP contribution in [0, 0.1) is 0 Å². The minimum absolute atomic E-state index is 0.189. The van der Waals surface area contributed by atoms with Gasteiger partial charge in [0.25, 0.3) is 0 Å². The van der Waals surface area contributed by atoms with Crippen molar-refractivity contribution in [2.75, 3.05) is 26.2 Å². The van der Waals surface area contributed by atoms with E-state index in [2.05, 4.69) is 21.1 Å². The molecule has 2 aromatic carbocycles. The SMILES string of the molecule is C/C(COc1cccc2c1C/C(=C/CCN1CCC(O)(c3ccc(Cl)cc3)CC1)c1cccnc1O2)=N\O. The summed E-state index contributed by atoms with van der Waals surface area (Å²) in [6.07, 6.45) is 6.87. The van der Waals surface area contributed by atoms with Crippen molar-refractivity contribution in [3.8, 4) is 17.4 Å². The molecule has 0 spiro atoms. The number of likely N-dealkylation sites (tertiary alicyclic amines) is 1. The molecule has 0 aliphatic carbocycles. The van der Waals surface area contributed by atoms with Gasteiger partial charge in [-0.1, -0.05) is 41.0 Å². The first kappa shape index (κ1) is 26.2. The minimum Gasteiger partial charge on any atom is -0.487 e.